The van der Waals surface area contributed by atoms with Crippen molar-refractivity contribution in [2.24, 2.45) is 0 Å². The van der Waals surface area contributed by atoms with Gasteiger partial charge in [-0.3, -0.25) is 9.78 Å². The lowest BCUT2D eigenvalue weighted by atomic mass is 10.2. The molecule has 0 spiro atoms. The highest BCUT2D eigenvalue weighted by atomic mass is 16.5. The second-order valence-electron chi connectivity index (χ2n) is 5.30. The number of esters is 2. The summed E-state index contributed by atoms with van der Waals surface area (Å²) in [5.74, 6) is -0.737. The number of H-pyrrole nitrogens is 1. The quantitative estimate of drug-likeness (QED) is 0.670. The number of hydrogen-bond acceptors (Lipinski definition) is 6. The predicted octanol–water partition coefficient (Wildman–Crippen LogP) is 2.69. The lowest BCUT2D eigenvalue weighted by Crippen LogP contribution is -2.07. The Morgan fingerprint density at radius 2 is 1.70 bits per heavy atom. The van der Waals surface area contributed by atoms with Crippen molar-refractivity contribution in [3.63, 3.8) is 0 Å². The summed E-state index contributed by atoms with van der Waals surface area (Å²) in [6.07, 6.45) is 3.28. The van der Waals surface area contributed by atoms with Crippen LogP contribution >= 0.6 is 0 Å². The zero-order valence-corrected chi connectivity index (χ0v) is 15.3. The van der Waals surface area contributed by atoms with E-state index in [0.29, 0.717) is 31.1 Å². The van der Waals surface area contributed by atoms with Crippen molar-refractivity contribution in [1.82, 2.24) is 20.0 Å². The maximum Gasteiger partial charge on any atom is 0.358 e. The van der Waals surface area contributed by atoms with Gasteiger partial charge in [-0.2, -0.15) is 10.2 Å². The molecule has 8 heteroatoms. The van der Waals surface area contributed by atoms with E-state index in [4.69, 9.17) is 4.74 Å². The lowest BCUT2D eigenvalue weighted by Gasteiger charge is -2.01. The molecule has 0 saturated heterocycles. The minimum atomic E-state index is -0.376. The van der Waals surface area contributed by atoms with Gasteiger partial charge < -0.3 is 9.47 Å². The first-order valence-corrected chi connectivity index (χ1v) is 8.55. The van der Waals surface area contributed by atoms with Crippen LogP contribution < -0.4 is 0 Å². The summed E-state index contributed by atoms with van der Waals surface area (Å²) in [5, 5.41) is 10.3. The fourth-order valence-corrected chi connectivity index (χ4v) is 2.11. The second-order valence-corrected chi connectivity index (χ2v) is 5.30. The van der Waals surface area contributed by atoms with Gasteiger partial charge in [-0.25, -0.2) is 9.59 Å². The van der Waals surface area contributed by atoms with Gasteiger partial charge in [0.2, 0.25) is 0 Å². The number of benzene rings is 1. The molecule has 0 atom stereocenters. The molecule has 0 bridgehead atoms. The Balaban J connectivity index is 0.000000223. The standard InChI is InChI=1S/C13H14N2O2.C6H8N2O2/c1-2-17-13(16)12-8-9-15(14-12)10-11-6-4-3-5-7-11;1-2-10-6(9)5-3-4-7-8-5/h3-9H,2,10H2,1H3;3-4H,2H2,1H3,(H,7,8). The molecule has 0 aliphatic rings. The molecule has 0 radical (unpaired) electrons. The van der Waals surface area contributed by atoms with Crippen molar-refractivity contribution < 1.29 is 19.1 Å². The number of aromatic nitrogens is 4. The Kier molecular flexibility index (Phi) is 7.77. The van der Waals surface area contributed by atoms with Gasteiger partial charge in [0.15, 0.2) is 5.69 Å². The summed E-state index contributed by atoms with van der Waals surface area (Å²) < 4.78 is 11.3. The molecule has 0 aliphatic carbocycles. The first kappa shape index (κ1) is 19.9. The van der Waals surface area contributed by atoms with Crippen LogP contribution in [0.2, 0.25) is 0 Å². The van der Waals surface area contributed by atoms with Crippen LogP contribution in [0.25, 0.3) is 0 Å². The van der Waals surface area contributed by atoms with Crippen molar-refractivity contribution in [2.45, 2.75) is 20.4 Å². The largest absolute Gasteiger partial charge is 0.461 e. The topological polar surface area (TPSA) is 99.1 Å². The predicted molar refractivity (Wildman–Crippen MR) is 98.3 cm³/mol. The number of ether oxygens (including phenoxy) is 2. The van der Waals surface area contributed by atoms with E-state index in [1.165, 1.54) is 6.20 Å². The first-order chi connectivity index (χ1) is 13.1. The molecule has 8 nitrogen and oxygen atoms in total. The van der Waals surface area contributed by atoms with Crippen LogP contribution in [0.3, 0.4) is 0 Å². The monoisotopic (exact) mass is 370 g/mol. The number of aromatic amines is 1. The normalized spacial score (nSPS) is 9.85. The van der Waals surface area contributed by atoms with E-state index in [0.717, 1.165) is 5.56 Å². The molecule has 2 heterocycles. The number of hydrogen-bond donors (Lipinski definition) is 1. The van der Waals surface area contributed by atoms with Crippen molar-refractivity contribution in [2.75, 3.05) is 13.2 Å². The van der Waals surface area contributed by atoms with Crippen molar-refractivity contribution >= 4 is 11.9 Å². The third-order valence-electron chi connectivity index (χ3n) is 3.31. The molecule has 0 aliphatic heterocycles. The second kappa shape index (κ2) is 10.5. The average molecular weight is 370 g/mol. The van der Waals surface area contributed by atoms with Crippen LogP contribution in [0.4, 0.5) is 0 Å². The van der Waals surface area contributed by atoms with Gasteiger partial charge in [0.25, 0.3) is 0 Å². The highest BCUT2D eigenvalue weighted by molar-refractivity contribution is 5.87. The minimum Gasteiger partial charge on any atom is -0.461 e. The number of rotatable bonds is 6. The van der Waals surface area contributed by atoms with E-state index in [1.54, 1.807) is 36.9 Å². The Bertz CT molecular complexity index is 829. The van der Waals surface area contributed by atoms with E-state index in [-0.39, 0.29) is 11.9 Å². The fraction of sp³-hybridized carbons (Fsp3) is 0.263. The average Bonchev–Trinajstić information content (AvgIpc) is 3.36. The SMILES string of the molecule is CCOC(=O)c1ccn(Cc2ccccc2)n1.CCOC(=O)c1ccn[nH]1. The molecule has 0 saturated carbocycles. The summed E-state index contributed by atoms with van der Waals surface area (Å²) in [6, 6.07) is 13.2. The van der Waals surface area contributed by atoms with Gasteiger partial charge >= 0.3 is 11.9 Å². The first-order valence-electron chi connectivity index (χ1n) is 8.55. The molecule has 1 aromatic carbocycles. The third kappa shape index (κ3) is 6.43. The molecule has 1 N–H and O–H groups in total. The van der Waals surface area contributed by atoms with Crippen LogP contribution in [-0.4, -0.2) is 45.1 Å². The highest BCUT2D eigenvalue weighted by Gasteiger charge is 2.09. The molecule has 142 valence electrons. The van der Waals surface area contributed by atoms with Crippen LogP contribution in [0, 0.1) is 0 Å². The zero-order chi connectivity index (χ0) is 19.5. The smallest absolute Gasteiger partial charge is 0.358 e. The fourth-order valence-electron chi connectivity index (χ4n) is 2.11. The van der Waals surface area contributed by atoms with Crippen molar-refractivity contribution in [3.05, 3.63) is 71.8 Å². The Hall–Kier alpha value is -3.42. The van der Waals surface area contributed by atoms with Crippen LogP contribution in [0.1, 0.15) is 40.4 Å². The van der Waals surface area contributed by atoms with Crippen LogP contribution in [-0.2, 0) is 16.0 Å². The van der Waals surface area contributed by atoms with Gasteiger partial charge in [-0.1, -0.05) is 30.3 Å². The van der Waals surface area contributed by atoms with E-state index in [9.17, 15) is 9.59 Å². The van der Waals surface area contributed by atoms with Crippen molar-refractivity contribution in [1.29, 1.82) is 0 Å². The number of nitrogens with one attached hydrogen (secondary N) is 1. The summed E-state index contributed by atoms with van der Waals surface area (Å²) in [6.45, 7) is 4.94. The Labute approximate surface area is 157 Å². The molecular weight excluding hydrogens is 348 g/mol. The molecular formula is C19H22N4O4. The molecule has 27 heavy (non-hydrogen) atoms. The van der Waals surface area contributed by atoms with Crippen LogP contribution in [0.5, 0.6) is 0 Å². The number of carbonyl (C=O) groups is 2. The Morgan fingerprint density at radius 1 is 1.00 bits per heavy atom. The van der Waals surface area contributed by atoms with Gasteiger partial charge in [-0.15, -0.1) is 0 Å². The highest BCUT2D eigenvalue weighted by Crippen LogP contribution is 2.04. The molecule has 0 fully saturated rings. The van der Waals surface area contributed by atoms with Gasteiger partial charge in [0.05, 0.1) is 19.8 Å². The van der Waals surface area contributed by atoms with E-state index >= 15 is 0 Å². The number of carbonyl (C=O) groups excluding carboxylic acids is 2. The molecule has 3 aromatic rings. The van der Waals surface area contributed by atoms with E-state index in [2.05, 4.69) is 20.0 Å². The van der Waals surface area contributed by atoms with Gasteiger partial charge in [0.1, 0.15) is 5.69 Å². The Morgan fingerprint density at radius 3 is 2.33 bits per heavy atom. The summed E-state index contributed by atoms with van der Waals surface area (Å²) >= 11 is 0. The summed E-state index contributed by atoms with van der Waals surface area (Å²) in [7, 11) is 0. The van der Waals surface area contributed by atoms with Crippen LogP contribution in [0.15, 0.2) is 54.9 Å². The lowest BCUT2D eigenvalue weighted by molar-refractivity contribution is 0.0509. The molecule has 0 amide bonds. The molecule has 0 unspecified atom stereocenters. The van der Waals surface area contributed by atoms with E-state index in [1.807, 2.05) is 30.3 Å². The van der Waals surface area contributed by atoms with Gasteiger partial charge in [-0.05, 0) is 31.5 Å². The number of nitrogens with zero attached hydrogens (tertiary/aromatic N) is 3. The zero-order valence-electron chi connectivity index (χ0n) is 15.3. The summed E-state index contributed by atoms with van der Waals surface area (Å²) in [5.41, 5.74) is 1.88. The maximum atomic E-state index is 11.4. The van der Waals surface area contributed by atoms with Crippen molar-refractivity contribution in [3.8, 4) is 0 Å². The summed E-state index contributed by atoms with van der Waals surface area (Å²) in [4.78, 5) is 22.2. The van der Waals surface area contributed by atoms with E-state index < -0.39 is 0 Å². The minimum absolute atomic E-state index is 0.350. The third-order valence-corrected chi connectivity index (χ3v) is 3.31. The van der Waals surface area contributed by atoms with Gasteiger partial charge in [0, 0.05) is 12.4 Å². The maximum absolute atomic E-state index is 11.4. The molecule has 3 rings (SSSR count). The molecule has 2 aromatic heterocycles.